The molecule has 5 heterocycles. The quantitative estimate of drug-likeness (QED) is 0.0878. The van der Waals surface area contributed by atoms with Gasteiger partial charge in [-0.05, 0) is 143 Å². The van der Waals surface area contributed by atoms with Crippen molar-refractivity contribution in [3.63, 3.8) is 0 Å². The highest BCUT2D eigenvalue weighted by Gasteiger charge is 2.28. The third-order valence-electron chi connectivity index (χ3n) is 12.3. The van der Waals surface area contributed by atoms with Crippen LogP contribution in [0.2, 0.25) is 0 Å². The predicted molar refractivity (Wildman–Crippen MR) is 239 cm³/mol. The van der Waals surface area contributed by atoms with Crippen LogP contribution in [0, 0.1) is 5.92 Å². The van der Waals surface area contributed by atoms with Gasteiger partial charge in [-0.3, -0.25) is 19.7 Å². The number of hydrogen-bond donors (Lipinski definition) is 5. The Morgan fingerprint density at radius 3 is 2.31 bits per heavy atom. The highest BCUT2D eigenvalue weighted by molar-refractivity contribution is 6.01. The summed E-state index contributed by atoms with van der Waals surface area (Å²) in [7, 11) is 0. The van der Waals surface area contributed by atoms with Crippen LogP contribution in [0.3, 0.4) is 0 Å². The molecule has 1 atom stereocenters. The molecule has 324 valence electrons. The molecule has 0 radical (unpaired) electrons. The number of carbonyl (C=O) groups is 3. The van der Waals surface area contributed by atoms with Gasteiger partial charge < -0.3 is 30.9 Å². The average molecular weight is 840 g/mol. The molecule has 3 amide bonds. The first-order valence-corrected chi connectivity index (χ1v) is 21.8. The van der Waals surface area contributed by atoms with Crippen molar-refractivity contribution in [2.24, 2.45) is 5.92 Å². The minimum Gasteiger partial charge on any atom is -0.392 e. The Morgan fingerprint density at radius 1 is 0.871 bits per heavy atom. The van der Waals surface area contributed by atoms with E-state index in [2.05, 4.69) is 94.9 Å². The van der Waals surface area contributed by atoms with E-state index in [0.29, 0.717) is 41.9 Å². The van der Waals surface area contributed by atoms with E-state index in [9.17, 15) is 19.5 Å². The van der Waals surface area contributed by atoms with Gasteiger partial charge in [0.15, 0.2) is 5.69 Å². The smallest absolute Gasteiger partial charge is 0.273 e. The number of rotatable bonds is 13. The summed E-state index contributed by atoms with van der Waals surface area (Å²) in [4.78, 5) is 50.7. The predicted octanol–water partition coefficient (Wildman–Crippen LogP) is 5.97. The number of benzene rings is 3. The number of nitrogens with zero attached hydrogens (tertiary/aromatic N) is 7. The summed E-state index contributed by atoms with van der Waals surface area (Å²) in [6.45, 7) is 11.5. The van der Waals surface area contributed by atoms with Crippen molar-refractivity contribution in [1.82, 2.24) is 40.5 Å². The van der Waals surface area contributed by atoms with Crippen LogP contribution in [0.25, 0.3) is 11.3 Å². The zero-order valence-electron chi connectivity index (χ0n) is 35.8. The minimum atomic E-state index is -0.365. The summed E-state index contributed by atoms with van der Waals surface area (Å²) in [5.41, 5.74) is 7.37. The van der Waals surface area contributed by atoms with Gasteiger partial charge in [0.05, 0.1) is 24.0 Å². The fraction of sp³-hybridized carbons (Fsp3) is 0.426. The van der Waals surface area contributed by atoms with Crippen LogP contribution in [0.4, 0.5) is 23.0 Å². The maximum absolute atomic E-state index is 12.8. The van der Waals surface area contributed by atoms with Crippen LogP contribution in [0.15, 0.2) is 85.2 Å². The van der Waals surface area contributed by atoms with Crippen molar-refractivity contribution in [2.75, 3.05) is 48.3 Å². The van der Waals surface area contributed by atoms with Crippen LogP contribution in [0.5, 0.6) is 0 Å². The molecule has 15 heteroatoms. The standard InChI is InChI=1S/C47H57N11O4/c1-47(2,3)58-29-42(54-55-58)44(61)49-27-35-5-4-34(26-36(35)30-59)40-16-21-48-46(52-40)51-38-10-12-39(13-11-38)57-24-17-31(18-25-57)28-56-22-19-33(20-23-56)32-6-8-37(9-7-32)50-41-14-15-43(60)53-45(41)62/h4-13,16,21,26,29,31,33,41,50,59H,14-15,17-20,22-25,27-28,30H2,1-3H3,(H,49,61)(H,48,51,52)(H,53,60,62). The Balaban J connectivity index is 0.773. The van der Waals surface area contributed by atoms with Gasteiger partial charge in [-0.1, -0.05) is 29.5 Å². The topological polar surface area (TPSA) is 183 Å². The summed E-state index contributed by atoms with van der Waals surface area (Å²) in [6.07, 6.45) is 8.90. The number of imide groups is 1. The Bertz CT molecular complexity index is 2340. The summed E-state index contributed by atoms with van der Waals surface area (Å²) in [5.74, 6) is 0.945. The molecule has 5 N–H and O–H groups in total. The first-order chi connectivity index (χ1) is 30.0. The summed E-state index contributed by atoms with van der Waals surface area (Å²) in [6, 6.07) is 24.1. The minimum absolute atomic E-state index is 0.188. The van der Waals surface area contributed by atoms with Gasteiger partial charge in [0.25, 0.3) is 5.91 Å². The van der Waals surface area contributed by atoms with Crippen molar-refractivity contribution < 1.29 is 19.5 Å². The van der Waals surface area contributed by atoms with Crippen molar-refractivity contribution in [1.29, 1.82) is 0 Å². The lowest BCUT2D eigenvalue weighted by Gasteiger charge is -2.38. The number of aliphatic hydroxyl groups excluding tert-OH is 1. The maximum atomic E-state index is 12.8. The van der Waals surface area contributed by atoms with Gasteiger partial charge in [0, 0.05) is 61.4 Å². The van der Waals surface area contributed by atoms with Crippen molar-refractivity contribution in [2.45, 2.75) is 89.9 Å². The van der Waals surface area contributed by atoms with E-state index >= 15 is 0 Å². The Hall–Kier alpha value is -6.19. The molecule has 3 aliphatic rings. The molecule has 15 nitrogen and oxygen atoms in total. The van der Waals surface area contributed by atoms with Crippen molar-refractivity contribution in [3.05, 3.63) is 108 Å². The maximum Gasteiger partial charge on any atom is 0.273 e. The number of likely N-dealkylation sites (tertiary alicyclic amines) is 1. The highest BCUT2D eigenvalue weighted by Crippen LogP contribution is 2.32. The van der Waals surface area contributed by atoms with E-state index < -0.39 is 0 Å². The first-order valence-electron chi connectivity index (χ1n) is 21.8. The first kappa shape index (κ1) is 42.5. The second kappa shape index (κ2) is 18.8. The van der Waals surface area contributed by atoms with Gasteiger partial charge in [-0.2, -0.15) is 0 Å². The zero-order chi connectivity index (χ0) is 43.2. The molecule has 3 aliphatic heterocycles. The largest absolute Gasteiger partial charge is 0.392 e. The van der Waals surface area contributed by atoms with Gasteiger partial charge in [-0.15, -0.1) is 5.10 Å². The van der Waals surface area contributed by atoms with E-state index in [1.165, 1.54) is 24.1 Å². The van der Waals surface area contributed by atoms with Gasteiger partial charge >= 0.3 is 0 Å². The van der Waals surface area contributed by atoms with Crippen molar-refractivity contribution >= 4 is 40.7 Å². The lowest BCUT2D eigenvalue weighted by atomic mass is 9.88. The molecule has 5 aromatic rings. The van der Waals surface area contributed by atoms with Crippen LogP contribution >= 0.6 is 0 Å². The van der Waals surface area contributed by atoms with E-state index in [4.69, 9.17) is 4.98 Å². The number of aromatic nitrogens is 5. The summed E-state index contributed by atoms with van der Waals surface area (Å²) < 4.78 is 1.66. The highest BCUT2D eigenvalue weighted by atomic mass is 16.3. The van der Waals surface area contributed by atoms with Crippen LogP contribution in [-0.2, 0) is 28.3 Å². The molecular formula is C47H57N11O4. The SMILES string of the molecule is CC(C)(C)n1cc(C(=O)NCc2ccc(-c3ccnc(Nc4ccc(N5CCC(CN6CCC(c7ccc(NC8CCC(=O)NC8=O)cc7)CC6)CC5)cc4)n3)cc2CO)nn1. The third kappa shape index (κ3) is 10.5. The fourth-order valence-corrected chi connectivity index (χ4v) is 8.60. The molecule has 3 aromatic carbocycles. The normalized spacial score (nSPS) is 18.1. The number of anilines is 4. The molecule has 0 bridgehead atoms. The third-order valence-corrected chi connectivity index (χ3v) is 12.3. The number of aliphatic hydroxyl groups is 1. The number of piperidine rings is 3. The molecule has 3 fully saturated rings. The molecule has 0 aliphatic carbocycles. The molecule has 0 saturated carbocycles. The molecule has 0 spiro atoms. The monoisotopic (exact) mass is 839 g/mol. The van der Waals surface area contributed by atoms with E-state index in [1.54, 1.807) is 17.1 Å². The van der Waals surface area contributed by atoms with Crippen LogP contribution in [0.1, 0.15) is 92.4 Å². The van der Waals surface area contributed by atoms with Crippen molar-refractivity contribution in [3.8, 4) is 11.3 Å². The van der Waals surface area contributed by atoms with E-state index in [-0.39, 0.29) is 48.1 Å². The Kier molecular flexibility index (Phi) is 12.9. The van der Waals surface area contributed by atoms with E-state index in [1.807, 2.05) is 45.0 Å². The molecule has 8 rings (SSSR count). The molecule has 2 aromatic heterocycles. The zero-order valence-corrected chi connectivity index (χ0v) is 35.8. The molecular weight excluding hydrogens is 783 g/mol. The van der Waals surface area contributed by atoms with Gasteiger partial charge in [0.2, 0.25) is 17.8 Å². The lowest BCUT2D eigenvalue weighted by Crippen LogP contribution is -2.47. The number of carbonyl (C=O) groups excluding carboxylic acids is 3. The number of amides is 3. The van der Waals surface area contributed by atoms with Gasteiger partial charge in [0.1, 0.15) is 6.04 Å². The molecule has 62 heavy (non-hydrogen) atoms. The van der Waals surface area contributed by atoms with Crippen LogP contribution in [-0.4, -0.2) is 91.5 Å². The number of hydrogen-bond acceptors (Lipinski definition) is 12. The Labute approximate surface area is 362 Å². The second-order valence-electron chi connectivity index (χ2n) is 17.8. The average Bonchev–Trinajstić information content (AvgIpc) is 3.80. The fourth-order valence-electron chi connectivity index (χ4n) is 8.60. The number of nitrogens with one attached hydrogen (secondary N) is 4. The second-order valence-corrected chi connectivity index (χ2v) is 17.8. The van der Waals surface area contributed by atoms with E-state index in [0.717, 1.165) is 68.1 Å². The Morgan fingerprint density at radius 2 is 1.61 bits per heavy atom. The van der Waals surface area contributed by atoms with Gasteiger partial charge in [-0.25, -0.2) is 14.6 Å². The summed E-state index contributed by atoms with van der Waals surface area (Å²) in [5, 5.41) is 30.2. The molecule has 3 saturated heterocycles. The molecule has 1 unspecified atom stereocenters. The summed E-state index contributed by atoms with van der Waals surface area (Å²) >= 11 is 0. The lowest BCUT2D eigenvalue weighted by molar-refractivity contribution is -0.133. The van der Waals surface area contributed by atoms with Crippen LogP contribution < -0.4 is 26.2 Å².